The first-order valence-corrected chi connectivity index (χ1v) is 3.62. The van der Waals surface area contributed by atoms with Crippen LogP contribution in [0.2, 0.25) is 0 Å². The summed E-state index contributed by atoms with van der Waals surface area (Å²) < 4.78 is 5.24. The summed E-state index contributed by atoms with van der Waals surface area (Å²) in [6.07, 6.45) is 7.29. The van der Waals surface area contributed by atoms with Crippen LogP contribution >= 0.6 is 0 Å². The Labute approximate surface area is 59.7 Å². The Balaban J connectivity index is 2.73. The van der Waals surface area contributed by atoms with Crippen molar-refractivity contribution in [3.63, 3.8) is 0 Å². The van der Waals surface area contributed by atoms with Gasteiger partial charge in [0.15, 0.2) is 0 Å². The number of fused-ring (bicyclic) bond motifs is 1. The van der Waals surface area contributed by atoms with E-state index in [9.17, 15) is 0 Å². The molecule has 1 aromatic heterocycles. The molecule has 1 aromatic rings. The number of hydrogen-bond donors (Lipinski definition) is 0. The molecule has 0 amide bonds. The molecule has 1 aliphatic rings. The van der Waals surface area contributed by atoms with E-state index >= 15 is 0 Å². The van der Waals surface area contributed by atoms with Gasteiger partial charge in [-0.2, -0.15) is 0 Å². The molecular formula is C9H10O. The van der Waals surface area contributed by atoms with Crippen molar-refractivity contribution in [3.05, 3.63) is 23.0 Å². The van der Waals surface area contributed by atoms with Crippen LogP contribution in [0.3, 0.4) is 0 Å². The third-order valence-corrected chi connectivity index (χ3v) is 1.87. The summed E-state index contributed by atoms with van der Waals surface area (Å²) in [6.45, 7) is 2.20. The maximum atomic E-state index is 5.24. The van der Waals surface area contributed by atoms with Crippen molar-refractivity contribution in [2.75, 3.05) is 0 Å². The molecule has 10 heavy (non-hydrogen) atoms. The number of rotatable bonds is 0. The summed E-state index contributed by atoms with van der Waals surface area (Å²) in [4.78, 5) is 0. The van der Waals surface area contributed by atoms with Crippen molar-refractivity contribution in [1.82, 2.24) is 0 Å². The lowest BCUT2D eigenvalue weighted by Gasteiger charge is -2.02. The molecule has 1 atom stereocenters. The molecular weight excluding hydrogens is 124 g/mol. The molecule has 0 radical (unpaired) electrons. The predicted octanol–water partition coefficient (Wildman–Crippen LogP) is 0.880. The molecule has 0 aliphatic heterocycles. The van der Waals surface area contributed by atoms with Crippen molar-refractivity contribution in [2.24, 2.45) is 5.92 Å². The lowest BCUT2D eigenvalue weighted by Crippen LogP contribution is -2.23. The van der Waals surface area contributed by atoms with Crippen LogP contribution in [0.25, 0.3) is 12.2 Å². The van der Waals surface area contributed by atoms with Gasteiger partial charge in [0.05, 0.1) is 6.26 Å². The minimum Gasteiger partial charge on any atom is -0.465 e. The van der Waals surface area contributed by atoms with E-state index in [0.29, 0.717) is 5.92 Å². The molecule has 1 aliphatic carbocycles. The molecule has 0 spiro atoms. The highest BCUT2D eigenvalue weighted by Gasteiger charge is 2.01. The van der Waals surface area contributed by atoms with Gasteiger partial charge in [-0.15, -0.1) is 0 Å². The van der Waals surface area contributed by atoms with E-state index in [1.807, 2.05) is 6.07 Å². The molecule has 0 saturated heterocycles. The van der Waals surface area contributed by atoms with E-state index in [-0.39, 0.29) is 0 Å². The van der Waals surface area contributed by atoms with E-state index in [2.05, 4.69) is 19.1 Å². The van der Waals surface area contributed by atoms with Crippen LogP contribution < -0.4 is 10.6 Å². The minimum atomic E-state index is 0.638. The third-order valence-electron chi connectivity index (χ3n) is 1.87. The minimum absolute atomic E-state index is 0.638. The lowest BCUT2D eigenvalue weighted by molar-refractivity contribution is 0.523. The normalized spacial score (nSPS) is 22.7. The van der Waals surface area contributed by atoms with Crippen LogP contribution in [0, 0.1) is 5.92 Å². The maximum absolute atomic E-state index is 5.24. The third kappa shape index (κ3) is 0.783. The number of hydrogen-bond acceptors (Lipinski definition) is 1. The second-order valence-electron chi connectivity index (χ2n) is 2.82. The highest BCUT2D eigenvalue weighted by atomic mass is 16.3. The van der Waals surface area contributed by atoms with E-state index in [0.717, 1.165) is 11.8 Å². The SMILES string of the molecule is CC1C=c2occc2=CC1. The van der Waals surface area contributed by atoms with Crippen molar-refractivity contribution in [3.8, 4) is 0 Å². The summed E-state index contributed by atoms with van der Waals surface area (Å²) in [5, 5.41) is 1.25. The summed E-state index contributed by atoms with van der Waals surface area (Å²) in [5.41, 5.74) is 1.04. The highest BCUT2D eigenvalue weighted by molar-refractivity contribution is 5.36. The Morgan fingerprint density at radius 1 is 1.60 bits per heavy atom. The molecule has 0 N–H and O–H groups in total. The van der Waals surface area contributed by atoms with Crippen molar-refractivity contribution in [2.45, 2.75) is 13.3 Å². The smallest absolute Gasteiger partial charge is 0.129 e. The highest BCUT2D eigenvalue weighted by Crippen LogP contribution is 2.05. The molecule has 0 saturated carbocycles. The van der Waals surface area contributed by atoms with Crippen LogP contribution in [0.4, 0.5) is 0 Å². The van der Waals surface area contributed by atoms with Crippen molar-refractivity contribution >= 4 is 12.2 Å². The standard InChI is InChI=1S/C9H10O/c1-7-2-3-8-4-5-10-9(8)6-7/h3-7H,2H2,1H3. The molecule has 0 bridgehead atoms. The van der Waals surface area contributed by atoms with Crippen LogP contribution in [-0.2, 0) is 0 Å². The Morgan fingerprint density at radius 2 is 2.50 bits per heavy atom. The second kappa shape index (κ2) is 2.01. The molecule has 0 aromatic carbocycles. The van der Waals surface area contributed by atoms with Gasteiger partial charge in [-0.05, 0) is 24.5 Å². The van der Waals surface area contributed by atoms with Crippen molar-refractivity contribution < 1.29 is 4.42 Å². The van der Waals surface area contributed by atoms with Gasteiger partial charge in [0.25, 0.3) is 0 Å². The van der Waals surface area contributed by atoms with Gasteiger partial charge < -0.3 is 4.42 Å². The van der Waals surface area contributed by atoms with Crippen LogP contribution in [0.5, 0.6) is 0 Å². The average Bonchev–Trinajstić information content (AvgIpc) is 2.33. The fourth-order valence-corrected chi connectivity index (χ4v) is 1.27. The van der Waals surface area contributed by atoms with E-state index < -0.39 is 0 Å². The van der Waals surface area contributed by atoms with Gasteiger partial charge in [0.1, 0.15) is 5.42 Å². The van der Waals surface area contributed by atoms with Gasteiger partial charge in [-0.3, -0.25) is 0 Å². The molecule has 1 nitrogen and oxygen atoms in total. The van der Waals surface area contributed by atoms with Gasteiger partial charge in [-0.1, -0.05) is 13.0 Å². The maximum Gasteiger partial charge on any atom is 0.129 e. The van der Waals surface area contributed by atoms with Gasteiger partial charge in [-0.25, -0.2) is 0 Å². The second-order valence-corrected chi connectivity index (χ2v) is 2.82. The summed E-state index contributed by atoms with van der Waals surface area (Å²) in [5.74, 6) is 0.638. The van der Waals surface area contributed by atoms with Crippen molar-refractivity contribution in [1.29, 1.82) is 0 Å². The van der Waals surface area contributed by atoms with Gasteiger partial charge in [0, 0.05) is 5.22 Å². The average molecular weight is 134 g/mol. The molecule has 2 rings (SSSR count). The molecule has 0 fully saturated rings. The lowest BCUT2D eigenvalue weighted by atomic mass is 10.0. The first-order valence-electron chi connectivity index (χ1n) is 3.62. The number of furan rings is 1. The fraction of sp³-hybridized carbons (Fsp3) is 0.333. The molecule has 52 valence electrons. The summed E-state index contributed by atoms with van der Waals surface area (Å²) >= 11 is 0. The van der Waals surface area contributed by atoms with E-state index in [1.165, 1.54) is 5.22 Å². The van der Waals surface area contributed by atoms with Gasteiger partial charge in [0.2, 0.25) is 0 Å². The van der Waals surface area contributed by atoms with Crippen LogP contribution in [-0.4, -0.2) is 0 Å². The Bertz CT molecular complexity index is 332. The van der Waals surface area contributed by atoms with Crippen LogP contribution in [0.1, 0.15) is 13.3 Å². The Kier molecular flexibility index (Phi) is 1.16. The summed E-state index contributed by atoms with van der Waals surface area (Å²) in [7, 11) is 0. The van der Waals surface area contributed by atoms with Crippen LogP contribution in [0.15, 0.2) is 16.7 Å². The quantitative estimate of drug-likeness (QED) is 0.513. The first kappa shape index (κ1) is 5.78. The molecule has 1 unspecified atom stereocenters. The van der Waals surface area contributed by atoms with E-state index in [4.69, 9.17) is 4.42 Å². The molecule has 1 heteroatoms. The first-order chi connectivity index (χ1) is 4.86. The molecule has 1 heterocycles. The summed E-state index contributed by atoms with van der Waals surface area (Å²) in [6, 6.07) is 2.01. The monoisotopic (exact) mass is 134 g/mol. The topological polar surface area (TPSA) is 13.1 Å². The van der Waals surface area contributed by atoms with E-state index in [1.54, 1.807) is 6.26 Å². The Hall–Kier alpha value is -0.980. The Morgan fingerprint density at radius 3 is 3.40 bits per heavy atom. The largest absolute Gasteiger partial charge is 0.465 e. The van der Waals surface area contributed by atoms with Gasteiger partial charge >= 0.3 is 0 Å². The fourth-order valence-electron chi connectivity index (χ4n) is 1.27. The zero-order valence-corrected chi connectivity index (χ0v) is 6.00. The predicted molar refractivity (Wildman–Crippen MR) is 40.7 cm³/mol. The zero-order chi connectivity index (χ0) is 6.97. The zero-order valence-electron chi connectivity index (χ0n) is 6.00.